The highest BCUT2D eigenvalue weighted by atomic mass is 35.5. The Kier molecular flexibility index (Phi) is 14.5. The van der Waals surface area contributed by atoms with Crippen molar-refractivity contribution in [2.75, 3.05) is 19.8 Å². The van der Waals surface area contributed by atoms with E-state index >= 15 is 0 Å². The topological polar surface area (TPSA) is 44.8 Å². The van der Waals surface area contributed by atoms with Gasteiger partial charge < -0.3 is 0 Å². The number of rotatable bonds is 12. The lowest BCUT2D eigenvalue weighted by atomic mass is 10.5. The van der Waals surface area contributed by atoms with Gasteiger partial charge in [0.25, 0.3) is 0 Å². The highest BCUT2D eigenvalue weighted by Crippen LogP contribution is 2.51. The first-order chi connectivity index (χ1) is 10.5. The molecule has 0 aliphatic rings. The minimum atomic E-state index is -4.11. The molecule has 0 fully saturated rings. The average Bonchev–Trinajstić information content (AvgIpc) is 2.47. The van der Waals surface area contributed by atoms with Gasteiger partial charge in [-0.2, -0.15) is 0 Å². The van der Waals surface area contributed by atoms with Crippen molar-refractivity contribution in [3.63, 3.8) is 0 Å². The number of phosphoric acid groups is 1. The molecule has 0 saturated heterocycles. The number of halogens is 9. The van der Waals surface area contributed by atoms with Gasteiger partial charge in [-0.25, -0.2) is 4.57 Å². The highest BCUT2D eigenvalue weighted by molar-refractivity contribution is 7.48. The van der Waals surface area contributed by atoms with E-state index in [1.165, 1.54) is 0 Å². The fourth-order valence-electron chi connectivity index (χ4n) is 0.817. The molecule has 0 aliphatic heterocycles. The van der Waals surface area contributed by atoms with Crippen molar-refractivity contribution in [1.29, 1.82) is 0 Å². The van der Waals surface area contributed by atoms with Gasteiger partial charge in [0.15, 0.2) is 0 Å². The minimum absolute atomic E-state index is 0.327. The van der Waals surface area contributed by atoms with E-state index in [0.717, 1.165) is 0 Å². The third-order valence-electron chi connectivity index (χ3n) is 2.00. The van der Waals surface area contributed by atoms with Crippen molar-refractivity contribution in [3.8, 4) is 0 Å². The van der Waals surface area contributed by atoms with Gasteiger partial charge in [0.05, 0.1) is 36.0 Å². The maximum atomic E-state index is 12.5. The van der Waals surface area contributed by atoms with Crippen molar-refractivity contribution >= 4 is 112 Å². The lowest BCUT2D eigenvalue weighted by Gasteiger charge is -2.22. The zero-order valence-corrected chi connectivity index (χ0v) is 18.8. The third kappa shape index (κ3) is 11.9. The molecule has 0 N–H and O–H groups in total. The van der Waals surface area contributed by atoms with Gasteiger partial charge in [-0.15, -0.1) is 104 Å². The zero-order valence-electron chi connectivity index (χ0n) is 11.1. The molecule has 0 heterocycles. The summed E-state index contributed by atoms with van der Waals surface area (Å²) >= 11 is 50.8. The van der Waals surface area contributed by atoms with E-state index in [1.54, 1.807) is 0 Å². The monoisotopic (exact) mass is 530 g/mol. The molecule has 140 valence electrons. The van der Waals surface area contributed by atoms with Crippen LogP contribution in [0.1, 0.15) is 0 Å². The van der Waals surface area contributed by atoms with Gasteiger partial charge in [-0.3, -0.25) is 13.6 Å². The van der Waals surface area contributed by atoms with Crippen LogP contribution in [-0.4, -0.2) is 50.5 Å². The summed E-state index contributed by atoms with van der Waals surface area (Å²) in [7, 11) is -4.11. The first-order valence-electron chi connectivity index (χ1n) is 5.79. The first-order valence-corrected chi connectivity index (χ1v) is 11.2. The summed E-state index contributed by atoms with van der Waals surface area (Å²) in [6.07, 6.45) is 0. The molecule has 0 aromatic carbocycles. The Balaban J connectivity index is 4.72. The first kappa shape index (κ1) is 25.7. The predicted molar refractivity (Wildman–Crippen MR) is 101 cm³/mol. The van der Waals surface area contributed by atoms with Crippen LogP contribution >= 0.6 is 112 Å². The van der Waals surface area contributed by atoms with Crippen molar-refractivity contribution < 1.29 is 18.1 Å². The molecule has 0 bridgehead atoms. The second-order valence-electron chi connectivity index (χ2n) is 3.89. The summed E-state index contributed by atoms with van der Waals surface area (Å²) in [6.45, 7) is -0.980. The van der Waals surface area contributed by atoms with E-state index < -0.39 is 38.5 Å². The van der Waals surface area contributed by atoms with Crippen LogP contribution in [0.25, 0.3) is 0 Å². The summed E-state index contributed by atoms with van der Waals surface area (Å²) in [5.74, 6) is 0. The van der Waals surface area contributed by atoms with E-state index in [9.17, 15) is 4.57 Å². The molecule has 23 heavy (non-hydrogen) atoms. The van der Waals surface area contributed by atoms with Crippen LogP contribution in [0, 0.1) is 0 Å². The van der Waals surface area contributed by atoms with Gasteiger partial charge in [-0.1, -0.05) is 0 Å². The molecule has 0 aromatic rings. The van der Waals surface area contributed by atoms with Crippen LogP contribution < -0.4 is 0 Å². The second kappa shape index (κ2) is 13.0. The number of alkyl halides is 9. The molecule has 4 nitrogen and oxygen atoms in total. The van der Waals surface area contributed by atoms with Crippen molar-refractivity contribution in [1.82, 2.24) is 0 Å². The number of hydrogen-bond acceptors (Lipinski definition) is 4. The SMILES string of the molecule is O=P(OCC(Cl)C(Cl)Cl)(OCC(Cl)C(Cl)Cl)OCC(Cl)C(Cl)Cl. The molecular formula is C9H12Cl9O4P. The van der Waals surface area contributed by atoms with Crippen LogP contribution in [0.5, 0.6) is 0 Å². The summed E-state index contributed by atoms with van der Waals surface area (Å²) in [5, 5.41) is -2.58. The average molecular weight is 534 g/mol. The lowest BCUT2D eigenvalue weighted by molar-refractivity contribution is 0.114. The fraction of sp³-hybridized carbons (Fsp3) is 1.00. The van der Waals surface area contributed by atoms with Crippen molar-refractivity contribution in [2.45, 2.75) is 30.6 Å². The summed E-state index contributed by atoms with van der Waals surface area (Å²) in [5.41, 5.74) is 0. The zero-order chi connectivity index (χ0) is 18.2. The Bertz CT molecular complexity index is 321. The van der Waals surface area contributed by atoms with Crippen LogP contribution in [0.4, 0.5) is 0 Å². The van der Waals surface area contributed by atoms with Crippen LogP contribution in [0.2, 0.25) is 0 Å². The normalized spacial score (nSPS) is 19.1. The quantitative estimate of drug-likeness (QED) is 0.216. The Morgan fingerprint density at radius 3 is 0.957 bits per heavy atom. The smallest absolute Gasteiger partial charge is 0.285 e. The summed E-state index contributed by atoms with van der Waals surface area (Å²) in [4.78, 5) is -2.88. The molecule has 3 unspecified atom stereocenters. The van der Waals surface area contributed by atoms with Gasteiger partial charge >= 0.3 is 7.82 Å². The molecule has 0 radical (unpaired) electrons. The van der Waals surface area contributed by atoms with E-state index in [-0.39, 0.29) is 19.8 Å². The standard InChI is InChI=1S/C9H12Cl9O4P/c10-4(7(13)14)1-20-23(19,21-2-5(11)8(15)16)22-3-6(12)9(17)18/h4-9H,1-3H2. The highest BCUT2D eigenvalue weighted by Gasteiger charge is 2.32. The van der Waals surface area contributed by atoms with Crippen LogP contribution in [0.15, 0.2) is 0 Å². The van der Waals surface area contributed by atoms with Crippen LogP contribution in [0.3, 0.4) is 0 Å². The number of phosphoric ester groups is 1. The number of hydrogen-bond donors (Lipinski definition) is 0. The summed E-state index contributed by atoms with van der Waals surface area (Å²) < 4.78 is 27.6. The molecule has 0 aromatic heterocycles. The molecule has 14 heteroatoms. The fourth-order valence-corrected chi connectivity index (χ4v) is 2.96. The lowest BCUT2D eigenvalue weighted by Crippen LogP contribution is -2.22. The minimum Gasteiger partial charge on any atom is -0.285 e. The Hall–Kier alpha value is 2.72. The Morgan fingerprint density at radius 1 is 0.565 bits per heavy atom. The van der Waals surface area contributed by atoms with Crippen molar-refractivity contribution in [3.05, 3.63) is 0 Å². The largest absolute Gasteiger partial charge is 0.474 e. The summed E-state index contributed by atoms with van der Waals surface area (Å²) in [6, 6.07) is 0. The third-order valence-corrected chi connectivity index (χ3v) is 7.12. The second-order valence-corrected chi connectivity index (χ2v) is 10.7. The molecule has 0 saturated carbocycles. The molecule has 0 amide bonds. The maximum absolute atomic E-state index is 12.5. The Labute approximate surface area is 179 Å². The molecule has 3 atom stereocenters. The van der Waals surface area contributed by atoms with Gasteiger partial charge in [0.2, 0.25) is 0 Å². The molecule has 0 spiro atoms. The molecule has 0 rings (SSSR count). The van der Waals surface area contributed by atoms with E-state index in [2.05, 4.69) is 0 Å². The predicted octanol–water partition coefficient (Wildman–Crippen LogP) is 6.38. The maximum Gasteiger partial charge on any atom is 0.474 e. The Morgan fingerprint density at radius 2 is 0.783 bits per heavy atom. The van der Waals surface area contributed by atoms with Crippen molar-refractivity contribution in [2.24, 2.45) is 0 Å². The van der Waals surface area contributed by atoms with Gasteiger partial charge in [0, 0.05) is 0 Å². The van der Waals surface area contributed by atoms with E-state index in [0.29, 0.717) is 0 Å². The van der Waals surface area contributed by atoms with E-state index in [4.69, 9.17) is 118 Å². The van der Waals surface area contributed by atoms with Gasteiger partial charge in [-0.05, 0) is 0 Å². The molecule has 0 aliphatic carbocycles. The van der Waals surface area contributed by atoms with Crippen LogP contribution in [-0.2, 0) is 18.1 Å². The van der Waals surface area contributed by atoms with Gasteiger partial charge in [0.1, 0.15) is 14.5 Å². The molecular weight excluding hydrogens is 522 g/mol. The van der Waals surface area contributed by atoms with E-state index in [1.807, 2.05) is 0 Å².